The normalized spacial score (nSPS) is 14.2. The molecule has 0 unspecified atom stereocenters. The predicted octanol–water partition coefficient (Wildman–Crippen LogP) is 5.55. The summed E-state index contributed by atoms with van der Waals surface area (Å²) in [5.41, 5.74) is 6.56. The lowest BCUT2D eigenvalue weighted by atomic mass is 9.77. The summed E-state index contributed by atoms with van der Waals surface area (Å²) in [5.74, 6) is 1.57. The topological polar surface area (TPSA) is 25.0 Å². The number of hydrogen-bond donors (Lipinski definition) is 1. The van der Waals surface area contributed by atoms with Gasteiger partial charge in [0.15, 0.2) is 0 Å². The largest absolute Gasteiger partial charge is 0.493 e. The number of rotatable bonds is 3. The van der Waals surface area contributed by atoms with Crippen molar-refractivity contribution in [2.45, 2.75) is 45.4 Å². The fourth-order valence-corrected chi connectivity index (χ4v) is 3.89. The summed E-state index contributed by atoms with van der Waals surface area (Å²) < 4.78 is 5.78. The maximum Gasteiger partial charge on any atom is 0.122 e. The fraction of sp³-hybridized carbons (Fsp3) is 0.364. The van der Waals surface area contributed by atoms with Crippen molar-refractivity contribution in [3.63, 3.8) is 0 Å². The van der Waals surface area contributed by atoms with E-state index in [-0.39, 0.29) is 5.41 Å². The van der Waals surface area contributed by atoms with Crippen LogP contribution in [0.15, 0.2) is 42.6 Å². The Morgan fingerprint density at radius 3 is 2.75 bits per heavy atom. The standard InChI is InChI=1S/C22H25NO/c1-14(2)17-6-5-7-18-19(13-23-21(17)18)22(3,4)16-9-8-15-10-11-24-20(15)12-16/h5-9,12-14,23H,10-11H2,1-4H3. The lowest BCUT2D eigenvalue weighted by molar-refractivity contribution is 0.356. The zero-order valence-corrected chi connectivity index (χ0v) is 14.9. The number of H-pyrrole nitrogens is 1. The van der Waals surface area contributed by atoms with Gasteiger partial charge in [-0.05, 0) is 34.2 Å². The van der Waals surface area contributed by atoms with Crippen molar-refractivity contribution in [2.24, 2.45) is 0 Å². The molecule has 0 atom stereocenters. The van der Waals surface area contributed by atoms with E-state index in [1.165, 1.54) is 33.2 Å². The van der Waals surface area contributed by atoms with Gasteiger partial charge in [0.05, 0.1) is 6.61 Å². The molecule has 2 heteroatoms. The Bertz CT molecular complexity index is 901. The van der Waals surface area contributed by atoms with E-state index >= 15 is 0 Å². The van der Waals surface area contributed by atoms with Crippen molar-refractivity contribution in [1.82, 2.24) is 4.98 Å². The van der Waals surface area contributed by atoms with Gasteiger partial charge in [0.2, 0.25) is 0 Å². The fourth-order valence-electron chi connectivity index (χ4n) is 3.89. The molecule has 2 nitrogen and oxygen atoms in total. The number of hydrogen-bond acceptors (Lipinski definition) is 1. The summed E-state index contributed by atoms with van der Waals surface area (Å²) in [7, 11) is 0. The number of nitrogens with one attached hydrogen (secondary N) is 1. The molecular weight excluding hydrogens is 294 g/mol. The molecule has 0 saturated heterocycles. The van der Waals surface area contributed by atoms with Crippen LogP contribution in [0.2, 0.25) is 0 Å². The van der Waals surface area contributed by atoms with Gasteiger partial charge in [-0.25, -0.2) is 0 Å². The highest BCUT2D eigenvalue weighted by molar-refractivity contribution is 5.88. The maximum atomic E-state index is 5.78. The first-order valence-corrected chi connectivity index (χ1v) is 8.85. The third-order valence-electron chi connectivity index (χ3n) is 5.46. The van der Waals surface area contributed by atoms with Gasteiger partial charge in [0, 0.05) is 28.9 Å². The summed E-state index contributed by atoms with van der Waals surface area (Å²) in [6.45, 7) is 9.91. The summed E-state index contributed by atoms with van der Waals surface area (Å²) in [5, 5.41) is 1.33. The molecule has 4 rings (SSSR count). The lowest BCUT2D eigenvalue weighted by Gasteiger charge is -2.26. The Morgan fingerprint density at radius 1 is 1.12 bits per heavy atom. The first-order chi connectivity index (χ1) is 11.5. The van der Waals surface area contributed by atoms with Gasteiger partial charge in [-0.3, -0.25) is 0 Å². The monoisotopic (exact) mass is 319 g/mol. The van der Waals surface area contributed by atoms with Gasteiger partial charge in [0.1, 0.15) is 5.75 Å². The molecule has 0 saturated carbocycles. The SMILES string of the molecule is CC(C)c1cccc2c(C(C)(C)c3ccc4c(c3)OCC4)c[nH]c12. The van der Waals surface area contributed by atoms with Crippen LogP contribution in [0.4, 0.5) is 0 Å². The molecule has 0 aliphatic carbocycles. The summed E-state index contributed by atoms with van der Waals surface area (Å²) in [6.07, 6.45) is 3.21. The number of fused-ring (bicyclic) bond motifs is 2. The van der Waals surface area contributed by atoms with Crippen LogP contribution in [0.25, 0.3) is 10.9 Å². The second kappa shape index (κ2) is 5.41. The van der Waals surface area contributed by atoms with Crippen LogP contribution in [0.5, 0.6) is 5.75 Å². The second-order valence-electron chi connectivity index (χ2n) is 7.67. The van der Waals surface area contributed by atoms with Gasteiger partial charge in [0.25, 0.3) is 0 Å². The van der Waals surface area contributed by atoms with E-state index in [4.69, 9.17) is 4.74 Å². The first-order valence-electron chi connectivity index (χ1n) is 8.85. The number of aromatic amines is 1. The molecule has 0 radical (unpaired) electrons. The highest BCUT2D eigenvalue weighted by Gasteiger charge is 2.28. The molecule has 0 amide bonds. The molecule has 1 aliphatic rings. The Kier molecular flexibility index (Phi) is 3.45. The van der Waals surface area contributed by atoms with Crippen molar-refractivity contribution in [2.75, 3.05) is 6.61 Å². The summed E-state index contributed by atoms with van der Waals surface area (Å²) in [6, 6.07) is 13.4. The average Bonchev–Trinajstić information content (AvgIpc) is 3.20. The van der Waals surface area contributed by atoms with Crippen molar-refractivity contribution in [3.05, 3.63) is 64.8 Å². The van der Waals surface area contributed by atoms with Crippen LogP contribution in [-0.4, -0.2) is 11.6 Å². The second-order valence-corrected chi connectivity index (χ2v) is 7.67. The number of benzene rings is 2. The molecule has 124 valence electrons. The first kappa shape index (κ1) is 15.3. The van der Waals surface area contributed by atoms with Crippen molar-refractivity contribution >= 4 is 10.9 Å². The zero-order chi connectivity index (χ0) is 16.9. The Hall–Kier alpha value is -2.22. The van der Waals surface area contributed by atoms with E-state index in [1.807, 2.05) is 0 Å². The van der Waals surface area contributed by atoms with Gasteiger partial charge in [-0.15, -0.1) is 0 Å². The van der Waals surface area contributed by atoms with Crippen LogP contribution in [0.3, 0.4) is 0 Å². The molecule has 0 bridgehead atoms. The highest BCUT2D eigenvalue weighted by atomic mass is 16.5. The van der Waals surface area contributed by atoms with Crippen molar-refractivity contribution in [1.29, 1.82) is 0 Å². The van der Waals surface area contributed by atoms with Gasteiger partial charge in [-0.1, -0.05) is 58.0 Å². The van der Waals surface area contributed by atoms with Crippen LogP contribution < -0.4 is 4.74 Å². The van der Waals surface area contributed by atoms with E-state index in [1.54, 1.807) is 0 Å². The summed E-state index contributed by atoms with van der Waals surface area (Å²) in [4.78, 5) is 3.54. The Labute approximate surface area is 143 Å². The lowest BCUT2D eigenvalue weighted by Crippen LogP contribution is -2.18. The third kappa shape index (κ3) is 2.24. The van der Waals surface area contributed by atoms with E-state index in [2.05, 4.69) is 75.3 Å². The third-order valence-corrected chi connectivity index (χ3v) is 5.46. The van der Waals surface area contributed by atoms with Crippen LogP contribution in [0.1, 0.15) is 55.9 Å². The minimum atomic E-state index is -0.0746. The van der Waals surface area contributed by atoms with E-state index in [0.717, 1.165) is 18.8 Å². The van der Waals surface area contributed by atoms with Crippen LogP contribution >= 0.6 is 0 Å². The number of para-hydroxylation sites is 1. The number of ether oxygens (including phenoxy) is 1. The van der Waals surface area contributed by atoms with Crippen LogP contribution in [-0.2, 0) is 11.8 Å². The van der Waals surface area contributed by atoms with Gasteiger partial charge in [-0.2, -0.15) is 0 Å². The molecular formula is C22H25NO. The Morgan fingerprint density at radius 2 is 1.96 bits per heavy atom. The maximum absolute atomic E-state index is 5.78. The van der Waals surface area contributed by atoms with E-state index in [0.29, 0.717) is 5.92 Å². The molecule has 1 aromatic heterocycles. The van der Waals surface area contributed by atoms with Gasteiger partial charge < -0.3 is 9.72 Å². The van der Waals surface area contributed by atoms with E-state index in [9.17, 15) is 0 Å². The number of aromatic nitrogens is 1. The quantitative estimate of drug-likeness (QED) is 0.672. The average molecular weight is 319 g/mol. The van der Waals surface area contributed by atoms with Crippen molar-refractivity contribution in [3.8, 4) is 5.75 Å². The molecule has 3 aromatic rings. The smallest absolute Gasteiger partial charge is 0.122 e. The molecule has 0 spiro atoms. The molecule has 1 N–H and O–H groups in total. The molecule has 1 aliphatic heterocycles. The minimum Gasteiger partial charge on any atom is -0.493 e. The summed E-state index contributed by atoms with van der Waals surface area (Å²) >= 11 is 0. The molecule has 2 aromatic carbocycles. The molecule has 24 heavy (non-hydrogen) atoms. The van der Waals surface area contributed by atoms with Crippen molar-refractivity contribution < 1.29 is 4.74 Å². The van der Waals surface area contributed by atoms with E-state index < -0.39 is 0 Å². The Balaban J connectivity index is 1.85. The highest BCUT2D eigenvalue weighted by Crippen LogP contribution is 2.40. The minimum absolute atomic E-state index is 0.0746. The zero-order valence-electron chi connectivity index (χ0n) is 14.9. The van der Waals surface area contributed by atoms with Crippen LogP contribution in [0, 0.1) is 0 Å². The predicted molar refractivity (Wildman–Crippen MR) is 100 cm³/mol. The molecule has 0 fully saturated rings. The molecule has 2 heterocycles. The van der Waals surface area contributed by atoms with Gasteiger partial charge >= 0.3 is 0 Å².